The fourth-order valence-electron chi connectivity index (χ4n) is 1.58. The SMILES string of the molecule is Cc1nc(Cc2ccccc2N)n(C)n1. The number of anilines is 1. The van der Waals surface area contributed by atoms with E-state index in [9.17, 15) is 0 Å². The van der Waals surface area contributed by atoms with Crippen molar-refractivity contribution in [1.82, 2.24) is 14.8 Å². The lowest BCUT2D eigenvalue weighted by molar-refractivity contribution is 0.712. The van der Waals surface area contributed by atoms with E-state index in [2.05, 4.69) is 10.1 Å². The van der Waals surface area contributed by atoms with Crippen molar-refractivity contribution >= 4 is 5.69 Å². The maximum atomic E-state index is 5.87. The maximum Gasteiger partial charge on any atom is 0.147 e. The Labute approximate surface area is 88.8 Å². The van der Waals surface area contributed by atoms with E-state index in [1.807, 2.05) is 38.2 Å². The average molecular weight is 202 g/mol. The molecule has 1 aromatic carbocycles. The van der Waals surface area contributed by atoms with Crippen molar-refractivity contribution in [3.63, 3.8) is 0 Å². The Morgan fingerprint density at radius 2 is 2.07 bits per heavy atom. The highest BCUT2D eigenvalue weighted by Crippen LogP contribution is 2.14. The molecule has 2 N–H and O–H groups in total. The third-order valence-corrected chi connectivity index (χ3v) is 2.36. The second-order valence-electron chi connectivity index (χ2n) is 3.57. The first-order chi connectivity index (χ1) is 7.16. The van der Waals surface area contributed by atoms with E-state index in [1.165, 1.54) is 0 Å². The van der Waals surface area contributed by atoms with Gasteiger partial charge in [0.05, 0.1) is 0 Å². The van der Waals surface area contributed by atoms with Gasteiger partial charge in [-0.3, -0.25) is 4.68 Å². The largest absolute Gasteiger partial charge is 0.398 e. The van der Waals surface area contributed by atoms with Gasteiger partial charge in [0.2, 0.25) is 0 Å². The Hall–Kier alpha value is -1.84. The molecule has 0 spiro atoms. The van der Waals surface area contributed by atoms with Gasteiger partial charge in [0.15, 0.2) is 0 Å². The number of rotatable bonds is 2. The second kappa shape index (κ2) is 3.73. The summed E-state index contributed by atoms with van der Waals surface area (Å²) in [5.74, 6) is 1.73. The number of hydrogen-bond acceptors (Lipinski definition) is 3. The fraction of sp³-hybridized carbons (Fsp3) is 0.273. The summed E-state index contributed by atoms with van der Waals surface area (Å²) in [6, 6.07) is 7.83. The van der Waals surface area contributed by atoms with Crippen LogP contribution in [-0.4, -0.2) is 14.8 Å². The molecule has 0 bridgehead atoms. The van der Waals surface area contributed by atoms with Gasteiger partial charge in [-0.15, -0.1) is 0 Å². The molecule has 0 saturated heterocycles. The molecule has 4 heteroatoms. The van der Waals surface area contributed by atoms with Crippen molar-refractivity contribution in [2.24, 2.45) is 7.05 Å². The third-order valence-electron chi connectivity index (χ3n) is 2.36. The zero-order valence-corrected chi connectivity index (χ0v) is 8.94. The summed E-state index contributed by atoms with van der Waals surface area (Å²) < 4.78 is 1.79. The van der Waals surface area contributed by atoms with Crippen molar-refractivity contribution in [3.8, 4) is 0 Å². The molecule has 1 heterocycles. The van der Waals surface area contributed by atoms with Crippen LogP contribution in [0, 0.1) is 6.92 Å². The lowest BCUT2D eigenvalue weighted by Gasteiger charge is -2.03. The van der Waals surface area contributed by atoms with Gasteiger partial charge >= 0.3 is 0 Å². The second-order valence-corrected chi connectivity index (χ2v) is 3.57. The molecule has 0 radical (unpaired) electrons. The molecule has 0 atom stereocenters. The topological polar surface area (TPSA) is 56.7 Å². The Bertz CT molecular complexity index is 473. The molecule has 0 saturated carbocycles. The lowest BCUT2D eigenvalue weighted by Crippen LogP contribution is -2.02. The molecular formula is C11H14N4. The number of aromatic nitrogens is 3. The predicted octanol–water partition coefficient (Wildman–Crippen LogP) is 1.30. The van der Waals surface area contributed by atoms with E-state index < -0.39 is 0 Å². The van der Waals surface area contributed by atoms with E-state index in [-0.39, 0.29) is 0 Å². The fourth-order valence-corrected chi connectivity index (χ4v) is 1.58. The standard InChI is InChI=1S/C11H14N4/c1-8-13-11(15(2)14-8)7-9-5-3-4-6-10(9)12/h3-6H,7,12H2,1-2H3. The number of nitrogens with zero attached hydrogens (tertiary/aromatic N) is 3. The summed E-state index contributed by atoms with van der Waals surface area (Å²) in [7, 11) is 1.90. The first-order valence-corrected chi connectivity index (χ1v) is 4.86. The number of nitrogens with two attached hydrogens (primary N) is 1. The highest BCUT2D eigenvalue weighted by Gasteiger charge is 2.06. The summed E-state index contributed by atoms with van der Waals surface area (Å²) >= 11 is 0. The summed E-state index contributed by atoms with van der Waals surface area (Å²) in [5, 5.41) is 4.20. The molecule has 1 aromatic heterocycles. The van der Waals surface area contributed by atoms with Crippen LogP contribution in [0.2, 0.25) is 0 Å². The average Bonchev–Trinajstić information content (AvgIpc) is 2.49. The number of aryl methyl sites for hydroxylation is 2. The van der Waals surface area contributed by atoms with E-state index in [0.29, 0.717) is 0 Å². The molecule has 2 rings (SSSR count). The molecule has 0 aliphatic carbocycles. The van der Waals surface area contributed by atoms with Crippen molar-refractivity contribution < 1.29 is 0 Å². The quantitative estimate of drug-likeness (QED) is 0.747. The van der Waals surface area contributed by atoms with Crippen LogP contribution in [-0.2, 0) is 13.5 Å². The van der Waals surface area contributed by atoms with Gasteiger partial charge in [-0.2, -0.15) is 5.10 Å². The molecule has 4 nitrogen and oxygen atoms in total. The highest BCUT2D eigenvalue weighted by molar-refractivity contribution is 5.47. The van der Waals surface area contributed by atoms with Crippen LogP contribution in [0.1, 0.15) is 17.2 Å². The van der Waals surface area contributed by atoms with E-state index >= 15 is 0 Å². The predicted molar refractivity (Wildman–Crippen MR) is 59.4 cm³/mol. The van der Waals surface area contributed by atoms with Crippen molar-refractivity contribution in [2.75, 3.05) is 5.73 Å². The normalized spacial score (nSPS) is 10.5. The Balaban J connectivity index is 2.29. The molecular weight excluding hydrogens is 188 g/mol. The zero-order chi connectivity index (χ0) is 10.8. The molecule has 0 unspecified atom stereocenters. The van der Waals surface area contributed by atoms with E-state index in [4.69, 9.17) is 5.73 Å². The molecule has 0 aliphatic heterocycles. The van der Waals surface area contributed by atoms with Crippen LogP contribution in [0.4, 0.5) is 5.69 Å². The Morgan fingerprint density at radius 1 is 1.33 bits per heavy atom. The first kappa shape index (κ1) is 9.71. The van der Waals surface area contributed by atoms with Crippen LogP contribution in [0.15, 0.2) is 24.3 Å². The van der Waals surface area contributed by atoms with Crippen LogP contribution in [0.3, 0.4) is 0 Å². The third kappa shape index (κ3) is 1.98. The monoisotopic (exact) mass is 202 g/mol. The van der Waals surface area contributed by atoms with Crippen LogP contribution in [0.25, 0.3) is 0 Å². The van der Waals surface area contributed by atoms with Gasteiger partial charge < -0.3 is 5.73 Å². The molecule has 15 heavy (non-hydrogen) atoms. The minimum absolute atomic E-state index is 0.726. The zero-order valence-electron chi connectivity index (χ0n) is 8.94. The molecule has 2 aromatic rings. The lowest BCUT2D eigenvalue weighted by atomic mass is 10.1. The molecule has 78 valence electrons. The van der Waals surface area contributed by atoms with Gasteiger partial charge in [-0.1, -0.05) is 18.2 Å². The van der Waals surface area contributed by atoms with Gasteiger partial charge in [-0.05, 0) is 18.6 Å². The van der Waals surface area contributed by atoms with Crippen LogP contribution in [0.5, 0.6) is 0 Å². The highest BCUT2D eigenvalue weighted by atomic mass is 15.3. The van der Waals surface area contributed by atoms with Gasteiger partial charge in [0, 0.05) is 19.2 Å². The van der Waals surface area contributed by atoms with Crippen LogP contribution >= 0.6 is 0 Å². The number of para-hydroxylation sites is 1. The number of nitrogen functional groups attached to an aromatic ring is 1. The molecule has 0 amide bonds. The van der Waals surface area contributed by atoms with Crippen molar-refractivity contribution in [2.45, 2.75) is 13.3 Å². The van der Waals surface area contributed by atoms with Crippen LogP contribution < -0.4 is 5.73 Å². The van der Waals surface area contributed by atoms with E-state index in [1.54, 1.807) is 4.68 Å². The molecule has 0 fully saturated rings. The number of benzene rings is 1. The first-order valence-electron chi connectivity index (χ1n) is 4.86. The van der Waals surface area contributed by atoms with Gasteiger partial charge in [-0.25, -0.2) is 4.98 Å². The summed E-state index contributed by atoms with van der Waals surface area (Å²) in [4.78, 5) is 4.34. The van der Waals surface area contributed by atoms with Gasteiger partial charge in [0.25, 0.3) is 0 Å². The summed E-state index contributed by atoms with van der Waals surface area (Å²) in [5.41, 5.74) is 7.76. The van der Waals surface area contributed by atoms with E-state index in [0.717, 1.165) is 29.3 Å². The molecule has 0 aliphatic rings. The minimum atomic E-state index is 0.726. The minimum Gasteiger partial charge on any atom is -0.398 e. The van der Waals surface area contributed by atoms with Crippen molar-refractivity contribution in [1.29, 1.82) is 0 Å². The number of hydrogen-bond donors (Lipinski definition) is 1. The summed E-state index contributed by atoms with van der Waals surface area (Å²) in [6.07, 6.45) is 0.726. The summed E-state index contributed by atoms with van der Waals surface area (Å²) in [6.45, 7) is 1.89. The Morgan fingerprint density at radius 3 is 2.67 bits per heavy atom. The Kier molecular flexibility index (Phi) is 2.41. The smallest absolute Gasteiger partial charge is 0.147 e. The van der Waals surface area contributed by atoms with Crippen molar-refractivity contribution in [3.05, 3.63) is 41.5 Å². The maximum absolute atomic E-state index is 5.87. The van der Waals surface area contributed by atoms with Gasteiger partial charge in [0.1, 0.15) is 11.6 Å².